The van der Waals surface area contributed by atoms with Crippen LogP contribution in [0.5, 0.6) is 11.5 Å². The lowest BCUT2D eigenvalue weighted by atomic mass is 10.0. The average molecular weight is 361 g/mol. The Balaban J connectivity index is 1.64. The van der Waals surface area contributed by atoms with E-state index < -0.39 is 5.78 Å². The average Bonchev–Trinajstić information content (AvgIpc) is 2.59. The van der Waals surface area contributed by atoms with Crippen molar-refractivity contribution < 1.29 is 24.5 Å². The first-order valence-electron chi connectivity index (χ1n) is 7.83. The normalized spacial score (nSPS) is 16.3. The third kappa shape index (κ3) is 4.25. The number of ketones is 1. The zero-order valence-electron chi connectivity index (χ0n) is 13.4. The van der Waals surface area contributed by atoms with Crippen LogP contribution in [0, 0.1) is 0 Å². The van der Waals surface area contributed by atoms with Crippen molar-refractivity contribution in [3.8, 4) is 11.5 Å². The number of hydrogen-bond donors (Lipinski definition) is 2. The molecular weight excluding hydrogens is 344 g/mol. The molecule has 5 nitrogen and oxygen atoms in total. The van der Waals surface area contributed by atoms with E-state index in [1.54, 1.807) is 0 Å². The summed E-state index contributed by atoms with van der Waals surface area (Å²) >= 11 is 5.80. The van der Waals surface area contributed by atoms with Gasteiger partial charge in [-0.15, -0.1) is 0 Å². The number of halogens is 1. The van der Waals surface area contributed by atoms with Crippen molar-refractivity contribution in [1.29, 1.82) is 0 Å². The molecule has 0 saturated carbocycles. The number of ether oxygens (including phenoxy) is 2. The van der Waals surface area contributed by atoms with E-state index in [0.29, 0.717) is 17.9 Å². The Bertz CT molecular complexity index is 817. The summed E-state index contributed by atoms with van der Waals surface area (Å²) in [6.07, 6.45) is 11.5. The smallest absolute Gasteiger partial charge is 0.174 e. The molecule has 25 heavy (non-hydrogen) atoms. The molecule has 2 N–H and O–H groups in total. The molecule has 1 aliphatic heterocycles. The van der Waals surface area contributed by atoms with E-state index in [0.717, 1.165) is 18.9 Å². The first-order valence-corrected chi connectivity index (χ1v) is 8.21. The van der Waals surface area contributed by atoms with Crippen LogP contribution in [-0.4, -0.2) is 16.0 Å². The minimum absolute atomic E-state index is 0.00572. The molecule has 130 valence electrons. The third-order valence-electron chi connectivity index (χ3n) is 3.86. The molecule has 6 heteroatoms. The fourth-order valence-electron chi connectivity index (χ4n) is 2.61. The summed E-state index contributed by atoms with van der Waals surface area (Å²) < 4.78 is 11.0. The summed E-state index contributed by atoms with van der Waals surface area (Å²) in [6, 6.07) is 2.27. The zero-order valence-corrected chi connectivity index (χ0v) is 14.1. The lowest BCUT2D eigenvalue weighted by molar-refractivity contribution is 0.0961. The van der Waals surface area contributed by atoms with Gasteiger partial charge in [0.05, 0.1) is 17.0 Å². The Morgan fingerprint density at radius 2 is 1.96 bits per heavy atom. The van der Waals surface area contributed by atoms with E-state index in [9.17, 15) is 15.0 Å². The van der Waals surface area contributed by atoms with E-state index in [1.165, 1.54) is 24.2 Å². The number of hydrogen-bond acceptors (Lipinski definition) is 5. The molecule has 2 aliphatic rings. The summed E-state index contributed by atoms with van der Waals surface area (Å²) in [5, 5.41) is 19.3. The SMILES string of the molecule is O=C(CC1=COC=C(CC2=CC=CCC2)O1)c1cc(Cl)c(O)cc1O. The number of carbonyl (C=O) groups is 1. The summed E-state index contributed by atoms with van der Waals surface area (Å²) in [6.45, 7) is 0. The highest BCUT2D eigenvalue weighted by Crippen LogP contribution is 2.33. The minimum Gasteiger partial charge on any atom is -0.507 e. The molecule has 0 bridgehead atoms. The maximum atomic E-state index is 12.4. The molecule has 0 spiro atoms. The number of rotatable bonds is 5. The number of aromatic hydroxyl groups is 2. The number of phenolic OH excluding ortho intramolecular Hbond substituents is 2. The minimum atomic E-state index is -0.393. The Labute approximate surface area is 150 Å². The van der Waals surface area contributed by atoms with Crippen LogP contribution in [0.25, 0.3) is 0 Å². The maximum Gasteiger partial charge on any atom is 0.174 e. The van der Waals surface area contributed by atoms with Crippen LogP contribution in [0.2, 0.25) is 5.02 Å². The number of allylic oxidation sites excluding steroid dienone is 5. The van der Waals surface area contributed by atoms with E-state index in [-0.39, 0.29) is 28.5 Å². The molecule has 0 atom stereocenters. The van der Waals surface area contributed by atoms with Gasteiger partial charge in [0.15, 0.2) is 5.78 Å². The predicted molar refractivity (Wildman–Crippen MR) is 93.1 cm³/mol. The van der Waals surface area contributed by atoms with Gasteiger partial charge in [0.1, 0.15) is 35.5 Å². The van der Waals surface area contributed by atoms with E-state index in [2.05, 4.69) is 6.08 Å². The molecule has 3 rings (SSSR count). The van der Waals surface area contributed by atoms with E-state index >= 15 is 0 Å². The number of Topliss-reactive ketones (excluding diaryl/α,β-unsaturated/α-hetero) is 1. The fraction of sp³-hybridized carbons (Fsp3) is 0.211. The van der Waals surface area contributed by atoms with Gasteiger partial charge in [-0.2, -0.15) is 0 Å². The van der Waals surface area contributed by atoms with Gasteiger partial charge in [0.2, 0.25) is 0 Å². The van der Waals surface area contributed by atoms with Gasteiger partial charge in [0.25, 0.3) is 0 Å². The van der Waals surface area contributed by atoms with Crippen LogP contribution in [0.1, 0.15) is 36.0 Å². The van der Waals surface area contributed by atoms with Crippen molar-refractivity contribution >= 4 is 17.4 Å². The molecule has 0 unspecified atom stereocenters. The first kappa shape index (κ1) is 17.2. The van der Waals surface area contributed by atoms with Crippen LogP contribution in [0.3, 0.4) is 0 Å². The van der Waals surface area contributed by atoms with Crippen molar-refractivity contribution in [3.05, 3.63) is 70.6 Å². The number of benzene rings is 1. The van der Waals surface area contributed by atoms with Crippen LogP contribution < -0.4 is 0 Å². The van der Waals surface area contributed by atoms with Gasteiger partial charge in [0, 0.05) is 12.5 Å². The lowest BCUT2D eigenvalue weighted by Gasteiger charge is -2.18. The number of phenols is 2. The van der Waals surface area contributed by atoms with Crippen molar-refractivity contribution in [1.82, 2.24) is 0 Å². The maximum absolute atomic E-state index is 12.4. The second kappa shape index (κ2) is 7.49. The lowest BCUT2D eigenvalue weighted by Crippen LogP contribution is -2.07. The summed E-state index contributed by atoms with van der Waals surface area (Å²) in [4.78, 5) is 12.4. The van der Waals surface area contributed by atoms with Gasteiger partial charge in [-0.25, -0.2) is 0 Å². The Morgan fingerprint density at radius 3 is 2.72 bits per heavy atom. The summed E-state index contributed by atoms with van der Waals surface area (Å²) in [5.74, 6) is -0.0421. The van der Waals surface area contributed by atoms with Gasteiger partial charge in [-0.3, -0.25) is 4.79 Å². The quantitative estimate of drug-likeness (QED) is 0.743. The van der Waals surface area contributed by atoms with Crippen LogP contribution in [0.15, 0.2) is 60.0 Å². The molecule has 1 heterocycles. The number of carbonyl (C=O) groups excluding carboxylic acids is 1. The molecule has 1 aromatic rings. The van der Waals surface area contributed by atoms with Crippen molar-refractivity contribution in [2.75, 3.05) is 0 Å². The molecule has 0 saturated heterocycles. The Morgan fingerprint density at radius 1 is 1.16 bits per heavy atom. The zero-order chi connectivity index (χ0) is 17.8. The second-order valence-electron chi connectivity index (χ2n) is 5.80. The summed E-state index contributed by atoms with van der Waals surface area (Å²) in [7, 11) is 0. The van der Waals surface area contributed by atoms with Crippen LogP contribution >= 0.6 is 11.6 Å². The van der Waals surface area contributed by atoms with Gasteiger partial charge in [-0.1, -0.05) is 35.4 Å². The van der Waals surface area contributed by atoms with Gasteiger partial charge in [-0.05, 0) is 18.9 Å². The highest BCUT2D eigenvalue weighted by Gasteiger charge is 2.20. The van der Waals surface area contributed by atoms with Crippen molar-refractivity contribution in [3.63, 3.8) is 0 Å². The topological polar surface area (TPSA) is 76.0 Å². The highest BCUT2D eigenvalue weighted by atomic mass is 35.5. The Kier molecular flexibility index (Phi) is 5.14. The Hall–Kier alpha value is -2.66. The van der Waals surface area contributed by atoms with E-state index in [4.69, 9.17) is 21.1 Å². The van der Waals surface area contributed by atoms with Gasteiger partial charge >= 0.3 is 0 Å². The van der Waals surface area contributed by atoms with Gasteiger partial charge < -0.3 is 19.7 Å². The molecule has 1 aliphatic carbocycles. The predicted octanol–water partition coefficient (Wildman–Crippen LogP) is 4.72. The molecule has 1 aromatic carbocycles. The third-order valence-corrected chi connectivity index (χ3v) is 4.17. The van der Waals surface area contributed by atoms with Crippen LogP contribution in [-0.2, 0) is 9.47 Å². The molecule has 0 aromatic heterocycles. The standard InChI is InChI=1S/C19H17ClO5/c20-16-8-15(18(22)9-19(16)23)17(21)7-14-11-24-10-13(25-14)6-12-4-2-1-3-5-12/h1-2,4,8-11,22-23H,3,5-7H2. The largest absolute Gasteiger partial charge is 0.507 e. The molecule has 0 amide bonds. The van der Waals surface area contributed by atoms with Crippen molar-refractivity contribution in [2.45, 2.75) is 25.7 Å². The first-order chi connectivity index (χ1) is 12.0. The fourth-order valence-corrected chi connectivity index (χ4v) is 2.77. The van der Waals surface area contributed by atoms with Crippen LogP contribution in [0.4, 0.5) is 0 Å². The van der Waals surface area contributed by atoms with E-state index in [1.807, 2.05) is 12.2 Å². The molecular formula is C19H17ClO5. The van der Waals surface area contributed by atoms with Crippen molar-refractivity contribution in [2.24, 2.45) is 0 Å². The molecule has 0 radical (unpaired) electrons. The second-order valence-corrected chi connectivity index (χ2v) is 6.20. The highest BCUT2D eigenvalue weighted by molar-refractivity contribution is 6.32. The summed E-state index contributed by atoms with van der Waals surface area (Å²) in [5.41, 5.74) is 1.25. The molecule has 0 fully saturated rings. The monoisotopic (exact) mass is 360 g/mol.